The molecule has 1 rings (SSSR count). The lowest BCUT2D eigenvalue weighted by atomic mass is 9.99. The third kappa shape index (κ3) is 4.34. The zero-order chi connectivity index (χ0) is 11.4. The SMILES string of the molecule is CCC[C@@H](O)[C@@H](N)c1cc(Br)ccc1Br.Cl. The highest BCUT2D eigenvalue weighted by Crippen LogP contribution is 2.28. The molecular formula is C11H16Br2ClNO. The first-order valence-electron chi connectivity index (χ1n) is 4.94. The lowest BCUT2D eigenvalue weighted by Gasteiger charge is -2.20. The van der Waals surface area contributed by atoms with Gasteiger partial charge in [0.1, 0.15) is 0 Å². The van der Waals surface area contributed by atoms with E-state index in [9.17, 15) is 5.11 Å². The van der Waals surface area contributed by atoms with Gasteiger partial charge in [-0.2, -0.15) is 0 Å². The molecule has 1 aromatic carbocycles. The highest BCUT2D eigenvalue weighted by molar-refractivity contribution is 9.11. The number of aliphatic hydroxyl groups is 1. The molecule has 0 aliphatic heterocycles. The second kappa shape index (κ2) is 7.67. The smallest absolute Gasteiger partial charge is 0.0733 e. The van der Waals surface area contributed by atoms with Gasteiger partial charge in [-0.15, -0.1) is 12.4 Å². The van der Waals surface area contributed by atoms with Crippen LogP contribution in [0.1, 0.15) is 31.4 Å². The molecule has 5 heteroatoms. The quantitative estimate of drug-likeness (QED) is 0.843. The predicted molar refractivity (Wildman–Crippen MR) is 76.9 cm³/mol. The van der Waals surface area contributed by atoms with Crippen molar-refractivity contribution in [3.8, 4) is 0 Å². The first-order chi connectivity index (χ1) is 7.06. The maximum absolute atomic E-state index is 9.83. The monoisotopic (exact) mass is 371 g/mol. The van der Waals surface area contributed by atoms with Crippen molar-refractivity contribution >= 4 is 44.3 Å². The van der Waals surface area contributed by atoms with Crippen LogP contribution in [0.15, 0.2) is 27.1 Å². The zero-order valence-corrected chi connectivity index (χ0v) is 13.0. The van der Waals surface area contributed by atoms with Crippen molar-refractivity contribution < 1.29 is 5.11 Å². The standard InChI is InChI=1S/C11H15Br2NO.ClH/c1-2-3-10(15)11(14)8-6-7(12)4-5-9(8)13;/h4-6,10-11,15H,2-3,14H2,1H3;1H/t10-,11+;/m1./s1. The van der Waals surface area contributed by atoms with Crippen LogP contribution < -0.4 is 5.73 Å². The lowest BCUT2D eigenvalue weighted by molar-refractivity contribution is 0.134. The summed E-state index contributed by atoms with van der Waals surface area (Å²) in [5.74, 6) is 0. The van der Waals surface area contributed by atoms with Crippen LogP contribution in [-0.2, 0) is 0 Å². The fourth-order valence-corrected chi connectivity index (χ4v) is 2.34. The second-order valence-electron chi connectivity index (χ2n) is 3.55. The van der Waals surface area contributed by atoms with E-state index in [2.05, 4.69) is 31.9 Å². The average Bonchev–Trinajstić information content (AvgIpc) is 2.21. The molecule has 3 N–H and O–H groups in total. The minimum Gasteiger partial charge on any atom is -0.391 e. The Hall–Kier alpha value is 0.390. The summed E-state index contributed by atoms with van der Waals surface area (Å²) in [7, 11) is 0. The van der Waals surface area contributed by atoms with Gasteiger partial charge in [0.05, 0.1) is 12.1 Å². The fraction of sp³-hybridized carbons (Fsp3) is 0.455. The van der Waals surface area contributed by atoms with E-state index in [4.69, 9.17) is 5.73 Å². The largest absolute Gasteiger partial charge is 0.391 e. The molecule has 0 saturated carbocycles. The van der Waals surface area contributed by atoms with E-state index in [-0.39, 0.29) is 18.4 Å². The number of hydrogen-bond donors (Lipinski definition) is 2. The topological polar surface area (TPSA) is 46.2 Å². The number of aliphatic hydroxyl groups excluding tert-OH is 1. The molecule has 0 fully saturated rings. The third-order valence-corrected chi connectivity index (χ3v) is 3.53. The Morgan fingerprint density at radius 2 is 2.00 bits per heavy atom. The highest BCUT2D eigenvalue weighted by atomic mass is 79.9. The van der Waals surface area contributed by atoms with Crippen molar-refractivity contribution in [1.82, 2.24) is 0 Å². The summed E-state index contributed by atoms with van der Waals surface area (Å²) >= 11 is 6.83. The molecule has 0 heterocycles. The Morgan fingerprint density at radius 3 is 2.56 bits per heavy atom. The number of rotatable bonds is 4. The summed E-state index contributed by atoms with van der Waals surface area (Å²) in [5, 5.41) is 9.83. The van der Waals surface area contributed by atoms with E-state index < -0.39 is 6.10 Å². The molecule has 0 amide bonds. The number of nitrogens with two attached hydrogens (primary N) is 1. The summed E-state index contributed by atoms with van der Waals surface area (Å²) in [6, 6.07) is 5.47. The van der Waals surface area contributed by atoms with Crippen LogP contribution in [0, 0.1) is 0 Å². The molecule has 2 atom stereocenters. The van der Waals surface area contributed by atoms with Gasteiger partial charge in [0, 0.05) is 8.95 Å². The molecule has 0 aromatic heterocycles. The van der Waals surface area contributed by atoms with Gasteiger partial charge in [0.15, 0.2) is 0 Å². The van der Waals surface area contributed by atoms with Crippen LogP contribution in [0.5, 0.6) is 0 Å². The molecular weight excluding hydrogens is 357 g/mol. The summed E-state index contributed by atoms with van der Waals surface area (Å²) in [6.07, 6.45) is 1.17. The lowest BCUT2D eigenvalue weighted by Crippen LogP contribution is -2.26. The van der Waals surface area contributed by atoms with Gasteiger partial charge < -0.3 is 10.8 Å². The van der Waals surface area contributed by atoms with E-state index in [0.29, 0.717) is 0 Å². The van der Waals surface area contributed by atoms with Gasteiger partial charge in [0.2, 0.25) is 0 Å². The molecule has 16 heavy (non-hydrogen) atoms. The van der Waals surface area contributed by atoms with Crippen molar-refractivity contribution in [1.29, 1.82) is 0 Å². The van der Waals surface area contributed by atoms with Crippen molar-refractivity contribution in [2.24, 2.45) is 5.73 Å². The Morgan fingerprint density at radius 1 is 1.38 bits per heavy atom. The van der Waals surface area contributed by atoms with Crippen LogP contribution in [-0.4, -0.2) is 11.2 Å². The van der Waals surface area contributed by atoms with Crippen molar-refractivity contribution in [3.05, 3.63) is 32.7 Å². The molecule has 0 spiro atoms. The van der Waals surface area contributed by atoms with Gasteiger partial charge in [-0.1, -0.05) is 45.2 Å². The number of halogens is 3. The van der Waals surface area contributed by atoms with E-state index in [1.54, 1.807) is 0 Å². The molecule has 2 nitrogen and oxygen atoms in total. The maximum Gasteiger partial charge on any atom is 0.0733 e. The van der Waals surface area contributed by atoms with Crippen LogP contribution in [0.2, 0.25) is 0 Å². The van der Waals surface area contributed by atoms with Crippen molar-refractivity contribution in [3.63, 3.8) is 0 Å². The van der Waals surface area contributed by atoms with E-state index in [1.807, 2.05) is 25.1 Å². The van der Waals surface area contributed by atoms with Crippen molar-refractivity contribution in [2.45, 2.75) is 31.9 Å². The van der Waals surface area contributed by atoms with Crippen LogP contribution in [0.3, 0.4) is 0 Å². The zero-order valence-electron chi connectivity index (χ0n) is 8.99. The minimum absolute atomic E-state index is 0. The molecule has 0 radical (unpaired) electrons. The molecule has 1 aromatic rings. The Kier molecular flexibility index (Phi) is 7.85. The summed E-state index contributed by atoms with van der Waals surface area (Å²) in [5.41, 5.74) is 6.93. The molecule has 92 valence electrons. The summed E-state index contributed by atoms with van der Waals surface area (Å²) in [6.45, 7) is 2.03. The fourth-order valence-electron chi connectivity index (χ4n) is 1.45. The van der Waals surface area contributed by atoms with Gasteiger partial charge in [-0.05, 0) is 30.2 Å². The molecule has 0 saturated heterocycles. The summed E-state index contributed by atoms with van der Waals surface area (Å²) in [4.78, 5) is 0. The van der Waals surface area contributed by atoms with Crippen LogP contribution in [0.4, 0.5) is 0 Å². The van der Waals surface area contributed by atoms with E-state index >= 15 is 0 Å². The maximum atomic E-state index is 9.83. The predicted octanol–water partition coefficient (Wildman–Crippen LogP) is 3.79. The molecule has 0 bridgehead atoms. The van der Waals surface area contributed by atoms with Crippen LogP contribution in [0.25, 0.3) is 0 Å². The molecule has 0 aliphatic rings. The third-order valence-electron chi connectivity index (χ3n) is 2.32. The first kappa shape index (κ1) is 16.4. The van der Waals surface area contributed by atoms with Gasteiger partial charge in [-0.3, -0.25) is 0 Å². The Labute approximate surface area is 119 Å². The Balaban J connectivity index is 0.00000225. The average molecular weight is 374 g/mol. The van der Waals surface area contributed by atoms with Gasteiger partial charge >= 0.3 is 0 Å². The normalized spacial score (nSPS) is 14.1. The van der Waals surface area contributed by atoms with E-state index in [0.717, 1.165) is 27.4 Å². The minimum atomic E-state index is -0.486. The highest BCUT2D eigenvalue weighted by Gasteiger charge is 2.18. The molecule has 0 aliphatic carbocycles. The number of hydrogen-bond acceptors (Lipinski definition) is 2. The van der Waals surface area contributed by atoms with Gasteiger partial charge in [-0.25, -0.2) is 0 Å². The van der Waals surface area contributed by atoms with Crippen LogP contribution >= 0.6 is 44.3 Å². The second-order valence-corrected chi connectivity index (χ2v) is 5.32. The first-order valence-corrected chi connectivity index (χ1v) is 6.53. The van der Waals surface area contributed by atoms with Crippen molar-refractivity contribution in [2.75, 3.05) is 0 Å². The molecule has 0 unspecified atom stereocenters. The number of benzene rings is 1. The Bertz CT molecular complexity index is 336. The van der Waals surface area contributed by atoms with Gasteiger partial charge in [0.25, 0.3) is 0 Å². The van der Waals surface area contributed by atoms with E-state index in [1.165, 1.54) is 0 Å². The summed E-state index contributed by atoms with van der Waals surface area (Å²) < 4.78 is 1.91.